The number of hydrogen-bond acceptors (Lipinski definition) is 5. The normalized spacial score (nSPS) is 21.7. The maximum absolute atomic E-state index is 11.4. The molecular weight excluding hydrogens is 200 g/mol. The predicted octanol–water partition coefficient (Wildman–Crippen LogP) is 0.377. The van der Waals surface area contributed by atoms with Crippen molar-refractivity contribution in [2.45, 2.75) is 26.9 Å². The van der Waals surface area contributed by atoms with E-state index in [1.807, 2.05) is 0 Å². The lowest BCUT2D eigenvalue weighted by Gasteiger charge is -2.21. The fourth-order valence-electron chi connectivity index (χ4n) is 1.01. The first-order valence-corrected chi connectivity index (χ1v) is 4.71. The van der Waals surface area contributed by atoms with E-state index in [2.05, 4.69) is 0 Å². The molecule has 0 aromatic carbocycles. The molecule has 0 fully saturated rings. The summed E-state index contributed by atoms with van der Waals surface area (Å²) in [4.78, 5) is 22.7. The molecule has 5 heteroatoms. The number of hydrogen-bond donors (Lipinski definition) is 1. The molecule has 0 amide bonds. The zero-order chi connectivity index (χ0) is 11.6. The highest BCUT2D eigenvalue weighted by molar-refractivity contribution is 5.99. The Bertz CT molecular complexity index is 316. The van der Waals surface area contributed by atoms with Crippen molar-refractivity contribution < 1.29 is 24.2 Å². The van der Waals surface area contributed by atoms with E-state index in [4.69, 9.17) is 9.47 Å². The SMILES string of the molecule is CC1=C(OC(=O)C(C)C)C(=O)C(O)CO1. The van der Waals surface area contributed by atoms with E-state index in [0.29, 0.717) is 0 Å². The molecule has 0 aromatic rings. The molecule has 1 heterocycles. The average Bonchev–Trinajstić information content (AvgIpc) is 2.18. The van der Waals surface area contributed by atoms with Crippen molar-refractivity contribution in [3.8, 4) is 0 Å². The van der Waals surface area contributed by atoms with Gasteiger partial charge in [-0.05, 0) is 6.92 Å². The monoisotopic (exact) mass is 214 g/mol. The Balaban J connectivity index is 2.82. The largest absolute Gasteiger partial charge is 0.491 e. The van der Waals surface area contributed by atoms with E-state index in [1.165, 1.54) is 6.92 Å². The van der Waals surface area contributed by atoms with Crippen LogP contribution in [0.15, 0.2) is 11.5 Å². The highest BCUT2D eigenvalue weighted by Gasteiger charge is 2.31. The Hall–Kier alpha value is -1.36. The first-order chi connectivity index (χ1) is 6.93. The van der Waals surface area contributed by atoms with Crippen LogP contribution in [0.1, 0.15) is 20.8 Å². The van der Waals surface area contributed by atoms with Crippen molar-refractivity contribution in [3.05, 3.63) is 11.5 Å². The van der Waals surface area contributed by atoms with Gasteiger partial charge in [0.2, 0.25) is 11.5 Å². The van der Waals surface area contributed by atoms with Gasteiger partial charge in [0.25, 0.3) is 0 Å². The molecule has 1 rings (SSSR count). The molecule has 1 aliphatic rings. The van der Waals surface area contributed by atoms with E-state index < -0.39 is 17.9 Å². The van der Waals surface area contributed by atoms with Crippen LogP contribution in [0.3, 0.4) is 0 Å². The molecule has 1 atom stereocenters. The molecule has 0 saturated carbocycles. The van der Waals surface area contributed by atoms with Crippen LogP contribution in [-0.4, -0.2) is 29.6 Å². The predicted molar refractivity (Wildman–Crippen MR) is 50.6 cm³/mol. The summed E-state index contributed by atoms with van der Waals surface area (Å²) < 4.78 is 9.84. The van der Waals surface area contributed by atoms with Gasteiger partial charge in [0.1, 0.15) is 12.4 Å². The number of aliphatic hydroxyl groups excluding tert-OH is 1. The van der Waals surface area contributed by atoms with Crippen molar-refractivity contribution in [1.82, 2.24) is 0 Å². The van der Waals surface area contributed by atoms with Crippen LogP contribution in [0.4, 0.5) is 0 Å². The van der Waals surface area contributed by atoms with Gasteiger partial charge in [0.05, 0.1) is 5.92 Å². The third-order valence-electron chi connectivity index (χ3n) is 1.98. The molecule has 1 N–H and O–H groups in total. The highest BCUT2D eigenvalue weighted by Crippen LogP contribution is 2.18. The molecule has 5 nitrogen and oxygen atoms in total. The minimum Gasteiger partial charge on any atom is -0.491 e. The summed E-state index contributed by atoms with van der Waals surface area (Å²) in [6.45, 7) is 4.74. The van der Waals surface area contributed by atoms with Crippen LogP contribution in [-0.2, 0) is 19.1 Å². The Morgan fingerprint density at radius 3 is 2.73 bits per heavy atom. The van der Waals surface area contributed by atoms with Crippen LogP contribution < -0.4 is 0 Å². The Labute approximate surface area is 87.7 Å². The van der Waals surface area contributed by atoms with Gasteiger partial charge in [-0.15, -0.1) is 0 Å². The van der Waals surface area contributed by atoms with Crippen LogP contribution in [0.5, 0.6) is 0 Å². The van der Waals surface area contributed by atoms with Gasteiger partial charge in [0, 0.05) is 0 Å². The third-order valence-corrected chi connectivity index (χ3v) is 1.98. The Kier molecular flexibility index (Phi) is 3.47. The van der Waals surface area contributed by atoms with Crippen molar-refractivity contribution in [2.24, 2.45) is 5.92 Å². The first kappa shape index (κ1) is 11.7. The van der Waals surface area contributed by atoms with Gasteiger partial charge >= 0.3 is 5.97 Å². The van der Waals surface area contributed by atoms with Gasteiger partial charge in [0.15, 0.2) is 6.10 Å². The lowest BCUT2D eigenvalue weighted by Crippen LogP contribution is -2.34. The number of aliphatic hydroxyl groups is 1. The summed E-state index contributed by atoms with van der Waals surface area (Å²) in [6, 6.07) is 0. The van der Waals surface area contributed by atoms with Crippen LogP contribution in [0.2, 0.25) is 0 Å². The van der Waals surface area contributed by atoms with Crippen molar-refractivity contribution in [3.63, 3.8) is 0 Å². The van der Waals surface area contributed by atoms with Crippen molar-refractivity contribution in [2.75, 3.05) is 6.61 Å². The molecule has 0 spiro atoms. The van der Waals surface area contributed by atoms with E-state index in [9.17, 15) is 14.7 Å². The zero-order valence-electron chi connectivity index (χ0n) is 8.94. The molecule has 84 valence electrons. The second kappa shape index (κ2) is 4.44. The lowest BCUT2D eigenvalue weighted by atomic mass is 10.1. The minimum atomic E-state index is -1.25. The summed E-state index contributed by atoms with van der Waals surface area (Å²) in [7, 11) is 0. The van der Waals surface area contributed by atoms with Crippen molar-refractivity contribution >= 4 is 11.8 Å². The second-order valence-electron chi connectivity index (χ2n) is 3.65. The summed E-state index contributed by atoms with van der Waals surface area (Å²) >= 11 is 0. The molecule has 15 heavy (non-hydrogen) atoms. The molecule has 0 aliphatic carbocycles. The fourth-order valence-corrected chi connectivity index (χ4v) is 1.01. The third kappa shape index (κ3) is 2.56. The molecule has 0 bridgehead atoms. The number of rotatable bonds is 2. The molecular formula is C10H14O5. The van der Waals surface area contributed by atoms with E-state index in [-0.39, 0.29) is 24.0 Å². The lowest BCUT2D eigenvalue weighted by molar-refractivity contribution is -0.150. The summed E-state index contributed by atoms with van der Waals surface area (Å²) in [5.41, 5.74) is 0. The van der Waals surface area contributed by atoms with Gasteiger partial charge in [-0.3, -0.25) is 9.59 Å². The number of ketones is 1. The summed E-state index contributed by atoms with van der Waals surface area (Å²) in [5.74, 6) is -1.41. The van der Waals surface area contributed by atoms with Crippen molar-refractivity contribution in [1.29, 1.82) is 0 Å². The minimum absolute atomic E-state index is 0.0899. The number of allylic oxidation sites excluding steroid dienone is 1. The van der Waals surface area contributed by atoms with Gasteiger partial charge in [-0.1, -0.05) is 13.8 Å². The summed E-state index contributed by atoms with van der Waals surface area (Å²) in [5, 5.41) is 9.22. The quantitative estimate of drug-likeness (QED) is 0.672. The van der Waals surface area contributed by atoms with E-state index >= 15 is 0 Å². The summed E-state index contributed by atoms with van der Waals surface area (Å²) in [6.07, 6.45) is -1.25. The maximum atomic E-state index is 11.4. The van der Waals surface area contributed by atoms with E-state index in [0.717, 1.165) is 0 Å². The Morgan fingerprint density at radius 1 is 1.60 bits per heavy atom. The van der Waals surface area contributed by atoms with Gasteiger partial charge < -0.3 is 14.6 Å². The molecule has 0 saturated heterocycles. The van der Waals surface area contributed by atoms with Crippen LogP contribution in [0.25, 0.3) is 0 Å². The smallest absolute Gasteiger partial charge is 0.314 e. The van der Waals surface area contributed by atoms with Crippen LogP contribution in [0, 0.1) is 5.92 Å². The van der Waals surface area contributed by atoms with Crippen LogP contribution >= 0.6 is 0 Å². The number of ether oxygens (including phenoxy) is 2. The zero-order valence-corrected chi connectivity index (χ0v) is 8.94. The maximum Gasteiger partial charge on any atom is 0.314 e. The highest BCUT2D eigenvalue weighted by atomic mass is 16.6. The molecule has 0 radical (unpaired) electrons. The Morgan fingerprint density at radius 2 is 2.20 bits per heavy atom. The first-order valence-electron chi connectivity index (χ1n) is 4.71. The molecule has 1 unspecified atom stereocenters. The topological polar surface area (TPSA) is 72.8 Å². The number of carbonyl (C=O) groups excluding carboxylic acids is 2. The number of Topliss-reactive ketones (excluding diaryl/α,β-unsaturated/α-hetero) is 1. The number of carbonyl (C=O) groups is 2. The van der Waals surface area contributed by atoms with E-state index in [1.54, 1.807) is 13.8 Å². The number of esters is 1. The van der Waals surface area contributed by atoms with Gasteiger partial charge in [-0.2, -0.15) is 0 Å². The van der Waals surface area contributed by atoms with Gasteiger partial charge in [-0.25, -0.2) is 0 Å². The second-order valence-corrected chi connectivity index (χ2v) is 3.65. The average molecular weight is 214 g/mol. The standard InChI is InChI=1S/C10H14O5/c1-5(2)10(13)15-9-6(3)14-4-7(11)8(9)12/h5,7,11H,4H2,1-3H3. The fraction of sp³-hybridized carbons (Fsp3) is 0.600. The molecule has 0 aromatic heterocycles. The molecule has 1 aliphatic heterocycles.